The summed E-state index contributed by atoms with van der Waals surface area (Å²) in [7, 11) is 1.46. The SMILES string of the molecule is CO/N=C(\C)c1cn(C2CCN(c3c(F)cc(N4C[C@H](Cn5ccnn5)OC4=O)cc3F)CC2)nn1. The molecule has 2 aliphatic rings. The van der Waals surface area contributed by atoms with Crippen LogP contribution in [0.3, 0.4) is 0 Å². The van der Waals surface area contributed by atoms with E-state index in [1.54, 1.807) is 28.9 Å². The van der Waals surface area contributed by atoms with Gasteiger partial charge in [-0.3, -0.25) is 4.90 Å². The summed E-state index contributed by atoms with van der Waals surface area (Å²) in [6, 6.07) is 2.39. The van der Waals surface area contributed by atoms with Crippen molar-refractivity contribution in [3.63, 3.8) is 0 Å². The fraction of sp³-hybridized carbons (Fsp3) is 0.455. The number of halogens is 2. The third-order valence-corrected chi connectivity index (χ3v) is 6.31. The van der Waals surface area contributed by atoms with Crippen LogP contribution in [0.15, 0.2) is 35.9 Å². The topological polar surface area (TPSA) is 116 Å². The molecule has 0 saturated carbocycles. The Balaban J connectivity index is 1.24. The highest BCUT2D eigenvalue weighted by Crippen LogP contribution is 2.34. The zero-order valence-electron chi connectivity index (χ0n) is 19.8. The molecule has 2 fully saturated rings. The third kappa shape index (κ3) is 4.70. The summed E-state index contributed by atoms with van der Waals surface area (Å²) in [5.41, 5.74) is 1.22. The van der Waals surface area contributed by atoms with Crippen molar-refractivity contribution in [1.29, 1.82) is 0 Å². The lowest BCUT2D eigenvalue weighted by Gasteiger charge is -2.34. The number of ether oxygens (including phenoxy) is 1. The van der Waals surface area contributed by atoms with Gasteiger partial charge in [0.2, 0.25) is 0 Å². The summed E-state index contributed by atoms with van der Waals surface area (Å²) in [5, 5.41) is 19.7. The lowest BCUT2D eigenvalue weighted by molar-refractivity contribution is 0.129. The zero-order chi connectivity index (χ0) is 25.2. The Morgan fingerprint density at radius 2 is 1.97 bits per heavy atom. The second-order valence-electron chi connectivity index (χ2n) is 8.66. The Morgan fingerprint density at radius 1 is 1.22 bits per heavy atom. The molecule has 14 heteroatoms. The van der Waals surface area contributed by atoms with Crippen LogP contribution in [0.2, 0.25) is 0 Å². The summed E-state index contributed by atoms with van der Waals surface area (Å²) in [6.45, 7) is 3.09. The molecule has 0 spiro atoms. The smallest absolute Gasteiger partial charge is 0.414 e. The molecule has 1 aromatic carbocycles. The Kier molecular flexibility index (Phi) is 6.48. The van der Waals surface area contributed by atoms with Crippen LogP contribution in [0, 0.1) is 11.6 Å². The number of carbonyl (C=O) groups is 1. The van der Waals surface area contributed by atoms with Gasteiger partial charge >= 0.3 is 6.09 Å². The molecule has 0 bridgehead atoms. The number of anilines is 2. The first-order valence-electron chi connectivity index (χ1n) is 11.5. The van der Waals surface area contributed by atoms with E-state index in [9.17, 15) is 4.79 Å². The van der Waals surface area contributed by atoms with Crippen LogP contribution in [0.5, 0.6) is 0 Å². The number of benzene rings is 1. The van der Waals surface area contributed by atoms with Gasteiger partial charge in [-0.15, -0.1) is 10.2 Å². The number of hydrogen-bond donors (Lipinski definition) is 0. The fourth-order valence-electron chi connectivity index (χ4n) is 4.53. The molecule has 5 rings (SSSR count). The Hall–Kier alpha value is -4.10. The average molecular weight is 501 g/mol. The van der Waals surface area contributed by atoms with Crippen LogP contribution in [0.4, 0.5) is 25.0 Å². The second kappa shape index (κ2) is 9.87. The van der Waals surface area contributed by atoms with Gasteiger partial charge < -0.3 is 14.5 Å². The van der Waals surface area contributed by atoms with Gasteiger partial charge in [0, 0.05) is 31.4 Å². The van der Waals surface area contributed by atoms with Crippen LogP contribution >= 0.6 is 0 Å². The van der Waals surface area contributed by atoms with Crippen molar-refractivity contribution >= 4 is 23.2 Å². The molecule has 1 amide bonds. The van der Waals surface area contributed by atoms with Crippen molar-refractivity contribution in [3.05, 3.63) is 48.1 Å². The highest BCUT2D eigenvalue weighted by molar-refractivity contribution is 5.96. The van der Waals surface area contributed by atoms with E-state index >= 15 is 8.78 Å². The molecule has 0 aliphatic carbocycles. The Morgan fingerprint density at radius 3 is 2.64 bits per heavy atom. The van der Waals surface area contributed by atoms with Gasteiger partial charge in [0.1, 0.15) is 30.3 Å². The van der Waals surface area contributed by atoms with Crippen molar-refractivity contribution in [2.24, 2.45) is 5.16 Å². The number of rotatable bonds is 7. The first-order valence-corrected chi connectivity index (χ1v) is 11.5. The van der Waals surface area contributed by atoms with Crippen molar-refractivity contribution < 1.29 is 23.1 Å². The largest absolute Gasteiger partial charge is 0.442 e. The zero-order valence-corrected chi connectivity index (χ0v) is 19.8. The fourth-order valence-corrected chi connectivity index (χ4v) is 4.53. The predicted molar refractivity (Wildman–Crippen MR) is 124 cm³/mol. The third-order valence-electron chi connectivity index (χ3n) is 6.31. The summed E-state index contributed by atoms with van der Waals surface area (Å²) in [4.78, 5) is 20.0. The summed E-state index contributed by atoms with van der Waals surface area (Å²) in [6.07, 6.45) is 5.05. The number of amides is 1. The first-order chi connectivity index (χ1) is 17.4. The van der Waals surface area contributed by atoms with Crippen molar-refractivity contribution in [2.45, 2.75) is 38.5 Å². The Labute approximate surface area is 205 Å². The normalized spacial score (nSPS) is 19.2. The molecule has 2 aliphatic heterocycles. The van der Waals surface area contributed by atoms with E-state index in [0.717, 1.165) is 0 Å². The second-order valence-corrected chi connectivity index (χ2v) is 8.66. The molecule has 2 aromatic heterocycles. The van der Waals surface area contributed by atoms with Gasteiger partial charge in [-0.2, -0.15) is 0 Å². The minimum absolute atomic E-state index is 0.0459. The molecular formula is C22H25F2N9O3. The maximum Gasteiger partial charge on any atom is 0.414 e. The number of hydrogen-bond acceptors (Lipinski definition) is 9. The number of cyclic esters (lactones) is 1. The van der Waals surface area contributed by atoms with Crippen LogP contribution in [-0.4, -0.2) is 74.6 Å². The maximum absolute atomic E-state index is 15.1. The van der Waals surface area contributed by atoms with Gasteiger partial charge in [0.25, 0.3) is 0 Å². The molecule has 4 heterocycles. The lowest BCUT2D eigenvalue weighted by Crippen LogP contribution is -2.36. The molecular weight excluding hydrogens is 476 g/mol. The number of carbonyl (C=O) groups excluding carboxylic acids is 1. The van der Waals surface area contributed by atoms with E-state index in [-0.39, 0.29) is 24.0 Å². The number of piperidine rings is 1. The molecule has 190 valence electrons. The summed E-state index contributed by atoms with van der Waals surface area (Å²) in [5.74, 6) is -1.46. The lowest BCUT2D eigenvalue weighted by atomic mass is 10.0. The van der Waals surface area contributed by atoms with Gasteiger partial charge in [0.05, 0.1) is 37.2 Å². The number of nitrogens with zero attached hydrogens (tertiary/aromatic N) is 9. The molecule has 2 saturated heterocycles. The van der Waals surface area contributed by atoms with Crippen molar-refractivity contribution in [1.82, 2.24) is 30.0 Å². The van der Waals surface area contributed by atoms with Crippen LogP contribution in [0.1, 0.15) is 31.5 Å². The van der Waals surface area contributed by atoms with Crippen molar-refractivity contribution in [2.75, 3.05) is 36.5 Å². The van der Waals surface area contributed by atoms with Gasteiger partial charge in [-0.25, -0.2) is 22.9 Å². The van der Waals surface area contributed by atoms with E-state index < -0.39 is 23.8 Å². The number of oxime groups is 1. The van der Waals surface area contributed by atoms with Crippen LogP contribution < -0.4 is 9.80 Å². The molecule has 0 N–H and O–H groups in total. The monoisotopic (exact) mass is 501 g/mol. The maximum atomic E-state index is 15.1. The number of aromatic nitrogens is 6. The summed E-state index contributed by atoms with van der Waals surface area (Å²) >= 11 is 0. The van der Waals surface area contributed by atoms with E-state index in [1.807, 2.05) is 0 Å². The average Bonchev–Trinajstić information content (AvgIpc) is 3.61. The van der Waals surface area contributed by atoms with Crippen LogP contribution in [-0.2, 0) is 16.1 Å². The minimum atomic E-state index is -0.731. The van der Waals surface area contributed by atoms with E-state index in [1.165, 1.54) is 35.0 Å². The van der Waals surface area contributed by atoms with Gasteiger partial charge in [-0.05, 0) is 19.8 Å². The first kappa shape index (κ1) is 23.6. The highest BCUT2D eigenvalue weighted by atomic mass is 19.1. The quantitative estimate of drug-likeness (QED) is 0.358. The van der Waals surface area contributed by atoms with Crippen LogP contribution in [0.25, 0.3) is 0 Å². The van der Waals surface area contributed by atoms with Gasteiger partial charge in [-0.1, -0.05) is 15.6 Å². The molecule has 0 radical (unpaired) electrons. The summed E-state index contributed by atoms with van der Waals surface area (Å²) < 4.78 is 38.9. The van der Waals surface area contributed by atoms with E-state index in [0.29, 0.717) is 43.9 Å². The molecule has 12 nitrogen and oxygen atoms in total. The van der Waals surface area contributed by atoms with E-state index in [2.05, 4.69) is 25.8 Å². The molecule has 3 aromatic rings. The Bertz CT molecular complexity index is 1230. The molecule has 36 heavy (non-hydrogen) atoms. The van der Waals surface area contributed by atoms with Gasteiger partial charge in [0.15, 0.2) is 11.6 Å². The predicted octanol–water partition coefficient (Wildman–Crippen LogP) is 2.39. The molecule has 1 atom stereocenters. The van der Waals surface area contributed by atoms with Crippen molar-refractivity contribution in [3.8, 4) is 0 Å². The minimum Gasteiger partial charge on any atom is -0.442 e. The highest BCUT2D eigenvalue weighted by Gasteiger charge is 2.34. The molecule has 0 unspecified atom stereocenters. The standard InChI is InChI=1S/C22H25F2N9O3/c1-14(27-35-2)20-13-33(29-26-20)15-3-6-30(7-4-15)21-18(23)9-16(10-19(21)24)32-12-17(36-22(32)34)11-31-8-5-25-28-31/h5,8-10,13,15,17H,3-4,6-7,11-12H2,1-2H3/b27-14+/t17-/m0/s1. The van der Waals surface area contributed by atoms with E-state index in [4.69, 9.17) is 9.57 Å².